The molecule has 14 nitrogen and oxygen atoms in total. The van der Waals surface area contributed by atoms with Crippen LogP contribution in [0.2, 0.25) is 71.5 Å². The third-order valence-electron chi connectivity index (χ3n) is 19.6. The lowest BCUT2D eigenvalue weighted by Crippen LogP contribution is -2.41. The number of hydrogen-bond donors (Lipinski definition) is 1. The zero-order valence-electron chi connectivity index (χ0n) is 67.1. The van der Waals surface area contributed by atoms with E-state index in [0.29, 0.717) is 13.5 Å². The molecule has 1 aliphatic heterocycles. The van der Waals surface area contributed by atoms with Gasteiger partial charge in [0.2, 0.25) is 0 Å². The summed E-state index contributed by atoms with van der Waals surface area (Å²) in [5.41, 5.74) is 18.7. The van der Waals surface area contributed by atoms with Crippen molar-refractivity contribution in [3.63, 3.8) is 0 Å². The van der Waals surface area contributed by atoms with Crippen LogP contribution in [0, 0.1) is 13.8 Å². The maximum atomic E-state index is 6.71. The standard InChI is InChI=1S/C28H32ClN3OSi.C27H37BN2O3Si.C22H18ClN3.C8H10ClN.C6H6ClN/c1-5-22-18-30-19-25(28(22)29)23-12-14-27-24(17-23)26(13-11-21-9-7-6-8-10-21)31-32(27)20-33-15-16-34(2,3)4;1-26(2)27(3,4)33-28(32-26)22-14-16-25-23(19-22)24(15-13-21-11-9-8-10-12-21)29-30(25)20-31-17-18-34(5,6)7;1-2-16-13-24-14-19(22(16)23)17-9-11-21-18(12-17)20(25-26-21)10-8-15-6-4-3-5-7-15;1-3-7-5-10-4-6(2)8(7)9;1-5-4-8-3-2-6(5)7/h6-14,17-19H,5,15-16,20H2,1-4H3;8-16,19H,17-18,20H2,1-7H3;3-14H,2H2,1H3,(H,25,26);4-5H,3H2,1-2H3;2-4H,1H3/b13-11+;15-13+;10-8+;;. The van der Waals surface area contributed by atoms with Crippen LogP contribution in [-0.2, 0) is 51.5 Å². The Balaban J connectivity index is 0.000000161. The second kappa shape index (κ2) is 39.7. The van der Waals surface area contributed by atoms with Crippen LogP contribution in [0.25, 0.3) is 91.4 Å². The van der Waals surface area contributed by atoms with Crippen molar-refractivity contribution in [2.45, 2.75) is 158 Å². The highest BCUT2D eigenvalue weighted by atomic mass is 35.5. The molecule has 0 unspecified atom stereocenters. The fourth-order valence-electron chi connectivity index (χ4n) is 11.9. The first-order chi connectivity index (χ1) is 53.6. The summed E-state index contributed by atoms with van der Waals surface area (Å²) in [4.78, 5) is 16.6. The van der Waals surface area contributed by atoms with Gasteiger partial charge in [0, 0.05) is 116 Å². The molecule has 6 aromatic carbocycles. The van der Waals surface area contributed by atoms with Crippen LogP contribution in [0.5, 0.6) is 0 Å². The quantitative estimate of drug-likeness (QED) is 0.0510. The summed E-state index contributed by atoms with van der Waals surface area (Å²) in [6.07, 6.45) is 29.4. The highest BCUT2D eigenvalue weighted by Gasteiger charge is 2.52. The molecule has 8 heterocycles. The van der Waals surface area contributed by atoms with Crippen molar-refractivity contribution >= 4 is 144 Å². The molecule has 112 heavy (non-hydrogen) atoms. The van der Waals surface area contributed by atoms with Crippen LogP contribution in [0.4, 0.5) is 0 Å². The van der Waals surface area contributed by atoms with Gasteiger partial charge in [0.1, 0.15) is 13.5 Å². The van der Waals surface area contributed by atoms with E-state index in [2.05, 4.69) is 227 Å². The first kappa shape index (κ1) is 85.5. The lowest BCUT2D eigenvalue weighted by Gasteiger charge is -2.32. The number of benzene rings is 6. The molecule has 580 valence electrons. The molecular formula is C91H103BCl4N10O4Si2. The molecule has 1 saturated heterocycles. The number of H-pyrrole nitrogens is 1. The fourth-order valence-corrected chi connectivity index (χ4v) is 14.5. The third kappa shape index (κ3) is 23.4. The zero-order valence-corrected chi connectivity index (χ0v) is 72.2. The number of ether oxygens (including phenoxy) is 2. The number of aromatic nitrogens is 10. The van der Waals surface area contributed by atoms with E-state index in [1.54, 1.807) is 24.7 Å². The number of nitrogens with one attached hydrogen (secondary N) is 1. The van der Waals surface area contributed by atoms with Gasteiger partial charge < -0.3 is 18.8 Å². The molecule has 1 aliphatic rings. The number of halogens is 4. The lowest BCUT2D eigenvalue weighted by molar-refractivity contribution is 0.00578. The maximum absolute atomic E-state index is 6.71. The summed E-state index contributed by atoms with van der Waals surface area (Å²) >= 11 is 24.9. The van der Waals surface area contributed by atoms with Crippen LogP contribution in [0.15, 0.2) is 201 Å². The number of fused-ring (bicyclic) bond motifs is 3. The molecule has 0 saturated carbocycles. The van der Waals surface area contributed by atoms with Crippen LogP contribution >= 0.6 is 46.4 Å². The van der Waals surface area contributed by atoms with Gasteiger partial charge in [0.15, 0.2) is 0 Å². The van der Waals surface area contributed by atoms with Crippen molar-refractivity contribution in [1.82, 2.24) is 49.7 Å². The molecular weight excluding hydrogens is 1510 g/mol. The van der Waals surface area contributed by atoms with Crippen LogP contribution < -0.4 is 5.46 Å². The zero-order chi connectivity index (χ0) is 80.2. The Hall–Kier alpha value is -8.95. The Morgan fingerprint density at radius 2 is 0.875 bits per heavy atom. The van der Waals surface area contributed by atoms with Gasteiger partial charge >= 0.3 is 7.12 Å². The summed E-state index contributed by atoms with van der Waals surface area (Å²) in [5, 5.41) is 23.7. The van der Waals surface area contributed by atoms with Gasteiger partial charge in [-0.3, -0.25) is 25.0 Å². The number of pyridine rings is 4. The van der Waals surface area contributed by atoms with Crippen molar-refractivity contribution in [3.8, 4) is 22.3 Å². The second-order valence-corrected chi connectivity index (χ2v) is 43.9. The highest BCUT2D eigenvalue weighted by Crippen LogP contribution is 2.39. The van der Waals surface area contributed by atoms with Crippen LogP contribution in [0.1, 0.15) is 110 Å². The van der Waals surface area contributed by atoms with E-state index in [4.69, 9.17) is 75.4 Å². The van der Waals surface area contributed by atoms with Gasteiger partial charge in [0.05, 0.1) is 54.9 Å². The average Bonchev–Trinajstić information content (AvgIpc) is 1.55. The van der Waals surface area contributed by atoms with Crippen molar-refractivity contribution in [2.24, 2.45) is 0 Å². The minimum atomic E-state index is -1.14. The minimum Gasteiger partial charge on any atom is -0.399 e. The van der Waals surface area contributed by atoms with E-state index >= 15 is 0 Å². The van der Waals surface area contributed by atoms with E-state index in [1.807, 2.05) is 127 Å². The maximum Gasteiger partial charge on any atom is 0.494 e. The van der Waals surface area contributed by atoms with Gasteiger partial charge in [-0.15, -0.1) is 0 Å². The molecule has 13 aromatic rings. The second-order valence-electron chi connectivity index (χ2n) is 31.1. The minimum absolute atomic E-state index is 0.378. The molecule has 1 fully saturated rings. The third-order valence-corrected chi connectivity index (χ3v) is 24.8. The average molecular weight is 1610 g/mol. The van der Waals surface area contributed by atoms with Crippen molar-refractivity contribution in [3.05, 3.63) is 283 Å². The monoisotopic (exact) mass is 1610 g/mol. The summed E-state index contributed by atoms with van der Waals surface area (Å²) in [6, 6.07) is 53.7. The van der Waals surface area contributed by atoms with Crippen molar-refractivity contribution < 1.29 is 18.8 Å². The Morgan fingerprint density at radius 1 is 0.455 bits per heavy atom. The molecule has 21 heteroatoms. The molecule has 1 N–H and O–H groups in total. The predicted molar refractivity (Wildman–Crippen MR) is 478 cm³/mol. The summed E-state index contributed by atoms with van der Waals surface area (Å²) < 4.78 is 28.6. The van der Waals surface area contributed by atoms with Crippen molar-refractivity contribution in [1.29, 1.82) is 0 Å². The molecule has 7 aromatic heterocycles. The Bertz CT molecular complexity index is 5310. The normalized spacial score (nSPS) is 13.3. The van der Waals surface area contributed by atoms with E-state index < -0.39 is 23.3 Å². The molecule has 14 rings (SSSR count). The molecule has 0 bridgehead atoms. The summed E-state index contributed by atoms with van der Waals surface area (Å²) in [6.45, 7) is 35.0. The number of nitrogens with zero attached hydrogens (tertiary/aromatic N) is 9. The SMILES string of the molecule is CC1(C)OB(c2ccc3c(c2)c(/C=C/c2ccccc2)nn3COCC[Si](C)(C)C)OC1(C)C.CCc1cncc(-c2ccc3[nH]nc(/C=C/c4ccccc4)c3c2)c1Cl.CCc1cncc(-c2ccc3c(c2)c(/C=C/c2ccccc2)nn3COCC[Si](C)(C)C)c1Cl.CCc1cncc(C)c1Cl.Cc1cnccc1Cl. The smallest absolute Gasteiger partial charge is 0.399 e. The first-order valence-electron chi connectivity index (χ1n) is 38.2. The number of rotatable bonds is 22. The van der Waals surface area contributed by atoms with E-state index in [1.165, 1.54) is 0 Å². The van der Waals surface area contributed by atoms with Gasteiger partial charge in [-0.1, -0.05) is 240 Å². The van der Waals surface area contributed by atoms with E-state index in [-0.39, 0.29) is 11.2 Å². The van der Waals surface area contributed by atoms with Gasteiger partial charge in [-0.2, -0.15) is 15.3 Å². The topological polar surface area (TPSA) is 153 Å². The Kier molecular flexibility index (Phi) is 30.3. The number of aryl methyl sites for hydroxylation is 5. The number of aromatic amines is 1. The van der Waals surface area contributed by atoms with Gasteiger partial charge in [-0.25, -0.2) is 9.36 Å². The lowest BCUT2D eigenvalue weighted by atomic mass is 9.78. The molecule has 0 radical (unpaired) electrons. The first-order valence-corrected chi connectivity index (χ1v) is 47.2. The summed E-state index contributed by atoms with van der Waals surface area (Å²) in [7, 11) is -2.68. The predicted octanol–water partition coefficient (Wildman–Crippen LogP) is 24.3. The Morgan fingerprint density at radius 3 is 1.31 bits per heavy atom. The van der Waals surface area contributed by atoms with Gasteiger partial charge in [-0.05, 0) is 189 Å². The molecule has 0 amide bonds. The Labute approximate surface area is 683 Å². The summed E-state index contributed by atoms with van der Waals surface area (Å²) in [5.74, 6) is 0. The molecule has 0 spiro atoms. The largest absolute Gasteiger partial charge is 0.494 e. The van der Waals surface area contributed by atoms with Gasteiger partial charge in [0.25, 0.3) is 0 Å². The van der Waals surface area contributed by atoms with E-state index in [0.717, 1.165) is 187 Å². The van der Waals surface area contributed by atoms with Crippen LogP contribution in [0.3, 0.4) is 0 Å². The number of hydrogen-bond acceptors (Lipinski definition) is 11. The molecule has 0 aliphatic carbocycles. The highest BCUT2D eigenvalue weighted by molar-refractivity contribution is 6.76. The van der Waals surface area contributed by atoms with Crippen molar-refractivity contribution in [2.75, 3.05) is 13.2 Å². The van der Waals surface area contributed by atoms with Crippen LogP contribution in [-0.4, -0.2) is 97.4 Å². The fraction of sp³-hybridized carbons (Fsp3) is 0.286. The molecule has 0 atom stereocenters. The van der Waals surface area contributed by atoms with E-state index in [9.17, 15) is 0 Å².